The van der Waals surface area contributed by atoms with Crippen molar-refractivity contribution >= 4 is 28.7 Å². The van der Waals surface area contributed by atoms with E-state index in [2.05, 4.69) is 33.7 Å². The SMILES string of the molecule is Cc1nc2c(C(N)=O)cccn2c1-c1nc2c(c(NCc3cccs3)n1)CN(C)C2. The number of aryl methyl sites for hydroxylation is 1. The number of nitrogens with one attached hydrogen (secondary N) is 1. The Morgan fingerprint density at radius 1 is 1.23 bits per heavy atom. The molecule has 5 heterocycles. The van der Waals surface area contributed by atoms with E-state index in [9.17, 15) is 4.79 Å². The number of aromatic nitrogens is 4. The monoisotopic (exact) mass is 419 g/mol. The van der Waals surface area contributed by atoms with Crippen molar-refractivity contribution in [1.29, 1.82) is 0 Å². The van der Waals surface area contributed by atoms with Crippen LogP contribution in [0, 0.1) is 6.92 Å². The molecule has 5 rings (SSSR count). The van der Waals surface area contributed by atoms with Gasteiger partial charge < -0.3 is 11.1 Å². The fraction of sp³-hybridized carbons (Fsp3) is 0.238. The van der Waals surface area contributed by atoms with Crippen molar-refractivity contribution in [1.82, 2.24) is 24.3 Å². The van der Waals surface area contributed by atoms with Crippen LogP contribution in [-0.4, -0.2) is 37.2 Å². The predicted octanol–water partition coefficient (Wildman–Crippen LogP) is 2.82. The summed E-state index contributed by atoms with van der Waals surface area (Å²) in [6, 6.07) is 7.62. The molecule has 1 aliphatic rings. The third kappa shape index (κ3) is 3.12. The van der Waals surface area contributed by atoms with Crippen LogP contribution in [0.15, 0.2) is 35.8 Å². The molecule has 0 aliphatic carbocycles. The second kappa shape index (κ2) is 7.19. The number of rotatable bonds is 5. The number of primary amides is 1. The molecule has 0 saturated carbocycles. The van der Waals surface area contributed by atoms with Gasteiger partial charge in [0.1, 0.15) is 17.2 Å². The van der Waals surface area contributed by atoms with Crippen molar-refractivity contribution in [3.8, 4) is 11.5 Å². The van der Waals surface area contributed by atoms with E-state index in [1.807, 2.05) is 23.6 Å². The van der Waals surface area contributed by atoms with Crippen molar-refractivity contribution in [2.24, 2.45) is 5.73 Å². The van der Waals surface area contributed by atoms with Crippen LogP contribution in [0.1, 0.15) is 32.2 Å². The van der Waals surface area contributed by atoms with Gasteiger partial charge in [-0.25, -0.2) is 15.0 Å². The second-order valence-electron chi connectivity index (χ2n) is 7.45. The molecule has 8 nitrogen and oxygen atoms in total. The molecule has 152 valence electrons. The molecule has 1 aliphatic heterocycles. The minimum Gasteiger partial charge on any atom is -0.365 e. The summed E-state index contributed by atoms with van der Waals surface area (Å²) in [5.41, 5.74) is 10.1. The zero-order chi connectivity index (χ0) is 20.8. The van der Waals surface area contributed by atoms with Crippen molar-refractivity contribution < 1.29 is 4.79 Å². The first-order valence-electron chi connectivity index (χ1n) is 9.63. The number of pyridine rings is 1. The second-order valence-corrected chi connectivity index (χ2v) is 8.48. The third-order valence-electron chi connectivity index (χ3n) is 5.25. The minimum absolute atomic E-state index is 0.379. The van der Waals surface area contributed by atoms with Crippen molar-refractivity contribution in [3.63, 3.8) is 0 Å². The van der Waals surface area contributed by atoms with Gasteiger partial charge in [0.05, 0.1) is 23.5 Å². The maximum absolute atomic E-state index is 11.8. The lowest BCUT2D eigenvalue weighted by Gasteiger charge is -2.12. The third-order valence-corrected chi connectivity index (χ3v) is 6.13. The maximum atomic E-state index is 11.8. The molecule has 0 spiro atoms. The van der Waals surface area contributed by atoms with Crippen LogP contribution in [0.2, 0.25) is 0 Å². The number of hydrogen-bond donors (Lipinski definition) is 2. The molecule has 4 aromatic heterocycles. The Bertz CT molecular complexity index is 1260. The molecule has 0 radical (unpaired) electrons. The van der Waals surface area contributed by atoms with Crippen molar-refractivity contribution in [3.05, 3.63) is 63.2 Å². The van der Waals surface area contributed by atoms with Gasteiger partial charge in [0.2, 0.25) is 0 Å². The maximum Gasteiger partial charge on any atom is 0.252 e. The van der Waals surface area contributed by atoms with E-state index >= 15 is 0 Å². The Morgan fingerprint density at radius 2 is 2.10 bits per heavy atom. The Kier molecular flexibility index (Phi) is 4.48. The summed E-state index contributed by atoms with van der Waals surface area (Å²) in [6.45, 7) is 4.18. The standard InChI is InChI=1S/C21H21N7OS/c1-12-17(28-7-3-6-14(18(22)29)21(28)24-12)20-25-16-11-27(2)10-15(16)19(26-20)23-9-13-5-4-8-30-13/h3-8H,9-11H2,1-2H3,(H2,22,29)(H,23,25,26). The quantitative estimate of drug-likeness (QED) is 0.516. The first-order chi connectivity index (χ1) is 14.5. The van der Waals surface area contributed by atoms with Crippen LogP contribution >= 0.6 is 11.3 Å². The normalized spacial score (nSPS) is 13.7. The minimum atomic E-state index is -0.507. The topological polar surface area (TPSA) is 101 Å². The van der Waals surface area contributed by atoms with E-state index < -0.39 is 5.91 Å². The van der Waals surface area contributed by atoms with E-state index in [0.29, 0.717) is 23.6 Å². The molecule has 1 amide bonds. The summed E-state index contributed by atoms with van der Waals surface area (Å²) >= 11 is 1.71. The number of imidazole rings is 1. The highest BCUT2D eigenvalue weighted by atomic mass is 32.1. The van der Waals surface area contributed by atoms with E-state index in [4.69, 9.17) is 15.7 Å². The molecule has 0 bridgehead atoms. The van der Waals surface area contributed by atoms with Gasteiger partial charge in [-0.3, -0.25) is 14.1 Å². The van der Waals surface area contributed by atoms with Gasteiger partial charge in [-0.2, -0.15) is 0 Å². The molecular formula is C21H21N7OS. The fourth-order valence-electron chi connectivity index (χ4n) is 3.89. The number of nitrogens with zero attached hydrogens (tertiary/aromatic N) is 5. The number of carbonyl (C=O) groups is 1. The van der Waals surface area contributed by atoms with E-state index in [1.54, 1.807) is 23.5 Å². The molecule has 30 heavy (non-hydrogen) atoms. The van der Waals surface area contributed by atoms with Crippen LogP contribution in [-0.2, 0) is 19.6 Å². The van der Waals surface area contributed by atoms with Gasteiger partial charge in [0.25, 0.3) is 5.91 Å². The molecule has 9 heteroatoms. The zero-order valence-electron chi connectivity index (χ0n) is 16.7. The number of carbonyl (C=O) groups excluding carboxylic acids is 1. The molecule has 4 aromatic rings. The lowest BCUT2D eigenvalue weighted by Crippen LogP contribution is -2.12. The first kappa shape index (κ1) is 18.7. The smallest absolute Gasteiger partial charge is 0.252 e. The van der Waals surface area contributed by atoms with E-state index in [-0.39, 0.29) is 0 Å². The molecule has 3 N–H and O–H groups in total. The van der Waals surface area contributed by atoms with Crippen LogP contribution < -0.4 is 11.1 Å². The Labute approximate surface area is 177 Å². The first-order valence-corrected chi connectivity index (χ1v) is 10.5. The fourth-order valence-corrected chi connectivity index (χ4v) is 4.53. The van der Waals surface area contributed by atoms with Crippen LogP contribution in [0.25, 0.3) is 17.2 Å². The van der Waals surface area contributed by atoms with Gasteiger partial charge in [-0.15, -0.1) is 11.3 Å². The molecule has 0 saturated heterocycles. The van der Waals surface area contributed by atoms with Crippen LogP contribution in [0.5, 0.6) is 0 Å². The summed E-state index contributed by atoms with van der Waals surface area (Å²) in [5, 5.41) is 5.56. The van der Waals surface area contributed by atoms with E-state index in [1.165, 1.54) is 4.88 Å². The number of thiophene rings is 1. The summed E-state index contributed by atoms with van der Waals surface area (Å²) in [6.07, 6.45) is 1.86. The number of amides is 1. The Hall–Kier alpha value is -3.30. The Morgan fingerprint density at radius 3 is 2.87 bits per heavy atom. The highest BCUT2D eigenvalue weighted by molar-refractivity contribution is 7.09. The average Bonchev–Trinajstić information content (AvgIpc) is 3.42. The van der Waals surface area contributed by atoms with Gasteiger partial charge in [0, 0.05) is 29.7 Å². The average molecular weight is 420 g/mol. The largest absolute Gasteiger partial charge is 0.365 e. The molecule has 0 fully saturated rings. The van der Waals surface area contributed by atoms with E-state index in [0.717, 1.165) is 41.6 Å². The van der Waals surface area contributed by atoms with Gasteiger partial charge in [0.15, 0.2) is 5.82 Å². The molecule has 0 unspecified atom stereocenters. The number of fused-ring (bicyclic) bond motifs is 2. The summed E-state index contributed by atoms with van der Waals surface area (Å²) < 4.78 is 1.85. The zero-order valence-corrected chi connectivity index (χ0v) is 17.5. The molecule has 0 atom stereocenters. The highest BCUT2D eigenvalue weighted by Gasteiger charge is 2.25. The van der Waals surface area contributed by atoms with Crippen LogP contribution in [0.3, 0.4) is 0 Å². The predicted molar refractivity (Wildman–Crippen MR) is 116 cm³/mol. The number of hydrogen-bond acceptors (Lipinski definition) is 7. The Balaban J connectivity index is 1.64. The van der Waals surface area contributed by atoms with Crippen LogP contribution in [0.4, 0.5) is 5.82 Å². The van der Waals surface area contributed by atoms with Crippen molar-refractivity contribution in [2.45, 2.75) is 26.6 Å². The van der Waals surface area contributed by atoms with Gasteiger partial charge in [-0.05, 0) is 37.6 Å². The van der Waals surface area contributed by atoms with Crippen molar-refractivity contribution in [2.75, 3.05) is 12.4 Å². The summed E-state index contributed by atoms with van der Waals surface area (Å²) in [5.74, 6) is 0.921. The lowest BCUT2D eigenvalue weighted by atomic mass is 10.2. The van der Waals surface area contributed by atoms with Gasteiger partial charge >= 0.3 is 0 Å². The number of anilines is 1. The summed E-state index contributed by atoms with van der Waals surface area (Å²) in [7, 11) is 2.07. The number of nitrogens with two attached hydrogens (primary N) is 1. The highest BCUT2D eigenvalue weighted by Crippen LogP contribution is 2.31. The molecular weight excluding hydrogens is 398 g/mol. The van der Waals surface area contributed by atoms with Gasteiger partial charge in [-0.1, -0.05) is 6.07 Å². The lowest BCUT2D eigenvalue weighted by molar-refractivity contribution is 0.100. The molecule has 0 aromatic carbocycles. The summed E-state index contributed by atoms with van der Waals surface area (Å²) in [4.78, 5) is 29.6.